The summed E-state index contributed by atoms with van der Waals surface area (Å²) in [4.78, 5) is 15.4. The van der Waals surface area contributed by atoms with Gasteiger partial charge in [-0.3, -0.25) is 0 Å². The molecule has 0 radical (unpaired) electrons. The Morgan fingerprint density at radius 1 is 0.727 bits per heavy atom. The Kier molecular flexibility index (Phi) is 4.01. The minimum absolute atomic E-state index is 0.281. The van der Waals surface area contributed by atoms with Crippen LogP contribution in [0.25, 0.3) is 44.0 Å². The molecule has 5 aromatic rings. The van der Waals surface area contributed by atoms with E-state index >= 15 is 0 Å². The lowest BCUT2D eigenvalue weighted by atomic mass is 9.95. The van der Waals surface area contributed by atoms with E-state index in [1.165, 1.54) is 45.9 Å². The van der Waals surface area contributed by atoms with Gasteiger partial charge in [0.1, 0.15) is 5.58 Å². The summed E-state index contributed by atoms with van der Waals surface area (Å²) in [5.74, 6) is 0. The minimum atomic E-state index is -0.281. The summed E-state index contributed by atoms with van der Waals surface area (Å²) in [5, 5.41) is 3.37. The van der Waals surface area contributed by atoms with Gasteiger partial charge in [-0.15, -0.1) is 0 Å². The molecule has 1 fully saturated rings. The predicted molar refractivity (Wildman–Crippen MR) is 135 cm³/mol. The van der Waals surface area contributed by atoms with Gasteiger partial charge in [0.2, 0.25) is 0 Å². The van der Waals surface area contributed by atoms with Crippen LogP contribution in [0.3, 0.4) is 0 Å². The van der Waals surface area contributed by atoms with Crippen molar-refractivity contribution in [3.05, 3.63) is 100 Å². The highest BCUT2D eigenvalue weighted by atomic mass is 16.4. The third kappa shape index (κ3) is 2.92. The van der Waals surface area contributed by atoms with Crippen LogP contribution in [-0.2, 0) is 6.42 Å². The molecule has 1 aromatic heterocycles. The average molecular weight is 430 g/mol. The number of anilines is 1. The molecule has 2 aliphatic rings. The molecule has 2 heterocycles. The van der Waals surface area contributed by atoms with Crippen molar-refractivity contribution in [1.82, 2.24) is 0 Å². The van der Waals surface area contributed by atoms with Gasteiger partial charge in [-0.05, 0) is 82.1 Å². The quantitative estimate of drug-likeness (QED) is 0.284. The van der Waals surface area contributed by atoms with Crippen LogP contribution < -0.4 is 10.5 Å². The zero-order chi connectivity index (χ0) is 21.9. The summed E-state index contributed by atoms with van der Waals surface area (Å²) in [7, 11) is 0. The van der Waals surface area contributed by atoms with E-state index < -0.39 is 0 Å². The summed E-state index contributed by atoms with van der Waals surface area (Å²) >= 11 is 0. The van der Waals surface area contributed by atoms with Crippen molar-refractivity contribution >= 4 is 27.4 Å². The Hall–Kier alpha value is -3.85. The summed E-state index contributed by atoms with van der Waals surface area (Å²) in [6, 6.07) is 27.5. The molecule has 7 rings (SSSR count). The van der Waals surface area contributed by atoms with Crippen LogP contribution in [0.5, 0.6) is 0 Å². The number of rotatable bonds is 2. The highest BCUT2D eigenvalue weighted by molar-refractivity contribution is 5.97. The Labute approximate surface area is 191 Å². The molecular weight excluding hydrogens is 406 g/mol. The van der Waals surface area contributed by atoms with E-state index in [0.717, 1.165) is 36.1 Å². The van der Waals surface area contributed by atoms with Crippen LogP contribution in [0.1, 0.15) is 24.0 Å². The summed E-state index contributed by atoms with van der Waals surface area (Å²) in [5.41, 5.74) is 8.37. The van der Waals surface area contributed by atoms with Crippen molar-refractivity contribution in [2.24, 2.45) is 0 Å². The largest absolute Gasteiger partial charge is 0.422 e. The van der Waals surface area contributed by atoms with Crippen LogP contribution >= 0.6 is 0 Å². The van der Waals surface area contributed by atoms with Gasteiger partial charge in [0, 0.05) is 30.2 Å². The van der Waals surface area contributed by atoms with Gasteiger partial charge in [0.15, 0.2) is 0 Å². The van der Waals surface area contributed by atoms with Gasteiger partial charge in [0.25, 0.3) is 0 Å². The molecule has 4 aromatic carbocycles. The lowest BCUT2D eigenvalue weighted by Crippen LogP contribution is -2.17. The first-order chi connectivity index (χ1) is 16.2. The molecule has 1 saturated heterocycles. The number of fused-ring (bicyclic) bond motifs is 6. The lowest BCUT2D eigenvalue weighted by molar-refractivity contribution is 0.563. The molecule has 160 valence electrons. The van der Waals surface area contributed by atoms with Crippen molar-refractivity contribution < 1.29 is 4.42 Å². The fraction of sp³-hybridized carbons (Fsp3) is 0.167. The van der Waals surface area contributed by atoms with E-state index in [1.54, 1.807) is 0 Å². The third-order valence-corrected chi connectivity index (χ3v) is 7.31. The van der Waals surface area contributed by atoms with Gasteiger partial charge in [0.05, 0.1) is 5.56 Å². The Morgan fingerprint density at radius 3 is 2.45 bits per heavy atom. The average Bonchev–Trinajstić information content (AvgIpc) is 3.51. The van der Waals surface area contributed by atoms with E-state index in [0.29, 0.717) is 11.1 Å². The van der Waals surface area contributed by atoms with Crippen LogP contribution in [0.4, 0.5) is 5.69 Å². The van der Waals surface area contributed by atoms with Crippen LogP contribution in [0, 0.1) is 0 Å². The number of hydrogen-bond acceptors (Lipinski definition) is 3. The molecular formula is C30H23NO2. The maximum absolute atomic E-state index is 13.0. The second kappa shape index (κ2) is 7.08. The summed E-state index contributed by atoms with van der Waals surface area (Å²) < 4.78 is 5.82. The molecule has 1 aliphatic carbocycles. The van der Waals surface area contributed by atoms with Crippen molar-refractivity contribution in [3.8, 4) is 22.3 Å². The third-order valence-electron chi connectivity index (χ3n) is 7.31. The zero-order valence-electron chi connectivity index (χ0n) is 18.3. The lowest BCUT2D eigenvalue weighted by Gasteiger charge is -2.17. The van der Waals surface area contributed by atoms with Crippen LogP contribution in [-0.4, -0.2) is 13.1 Å². The van der Waals surface area contributed by atoms with Gasteiger partial charge in [-0.25, -0.2) is 4.79 Å². The van der Waals surface area contributed by atoms with Crippen molar-refractivity contribution in [3.63, 3.8) is 0 Å². The molecule has 0 spiro atoms. The molecule has 3 nitrogen and oxygen atoms in total. The van der Waals surface area contributed by atoms with E-state index in [4.69, 9.17) is 4.42 Å². The first-order valence-corrected chi connectivity index (χ1v) is 11.7. The first kappa shape index (κ1) is 18.7. The maximum Gasteiger partial charge on any atom is 0.344 e. The van der Waals surface area contributed by atoms with Crippen molar-refractivity contribution in [2.75, 3.05) is 18.0 Å². The topological polar surface area (TPSA) is 33.5 Å². The molecule has 0 saturated carbocycles. The van der Waals surface area contributed by atoms with E-state index in [-0.39, 0.29) is 5.63 Å². The monoisotopic (exact) mass is 429 g/mol. The summed E-state index contributed by atoms with van der Waals surface area (Å²) in [6.45, 7) is 2.14. The van der Waals surface area contributed by atoms with Crippen molar-refractivity contribution in [2.45, 2.75) is 19.3 Å². The van der Waals surface area contributed by atoms with E-state index in [9.17, 15) is 4.79 Å². The smallest absolute Gasteiger partial charge is 0.344 e. The van der Waals surface area contributed by atoms with Crippen LogP contribution in [0.2, 0.25) is 0 Å². The molecule has 0 atom stereocenters. The number of benzene rings is 4. The normalized spacial score (nSPS) is 14.7. The van der Waals surface area contributed by atoms with Gasteiger partial charge < -0.3 is 9.32 Å². The molecule has 3 heteroatoms. The minimum Gasteiger partial charge on any atom is -0.422 e. The SMILES string of the molecule is O=c1oc2cc(N3CCCC3)ccc2cc1-c1ccc2ccc3c(c2c1)Cc1ccccc1-3. The Balaban J connectivity index is 1.35. The summed E-state index contributed by atoms with van der Waals surface area (Å²) in [6.07, 6.45) is 3.37. The van der Waals surface area contributed by atoms with Gasteiger partial charge >= 0.3 is 5.63 Å². The van der Waals surface area contributed by atoms with Gasteiger partial charge in [-0.1, -0.05) is 48.5 Å². The molecule has 0 unspecified atom stereocenters. The molecule has 1 aliphatic heterocycles. The fourth-order valence-corrected chi connectivity index (χ4v) is 5.59. The Morgan fingerprint density at radius 2 is 1.55 bits per heavy atom. The highest BCUT2D eigenvalue weighted by Gasteiger charge is 2.21. The maximum atomic E-state index is 13.0. The predicted octanol–water partition coefficient (Wildman–Crippen LogP) is 6.78. The second-order valence-electron chi connectivity index (χ2n) is 9.23. The fourth-order valence-electron chi connectivity index (χ4n) is 5.59. The van der Waals surface area contributed by atoms with Crippen molar-refractivity contribution in [1.29, 1.82) is 0 Å². The zero-order valence-corrected chi connectivity index (χ0v) is 18.3. The first-order valence-electron chi connectivity index (χ1n) is 11.7. The molecule has 0 bridgehead atoms. The second-order valence-corrected chi connectivity index (χ2v) is 9.23. The molecule has 0 N–H and O–H groups in total. The number of nitrogens with zero attached hydrogens (tertiary/aromatic N) is 1. The van der Waals surface area contributed by atoms with E-state index in [1.807, 2.05) is 18.2 Å². The standard InChI is InChI=1S/C30H23NO2/c32-30-27(17-22-9-11-23(18-29(22)33-30)31-13-3-4-14-31)21-8-7-19-10-12-25-24-6-2-1-5-20(24)16-28(25)26(19)15-21/h1-2,5-12,15,17-18H,3-4,13-14,16H2. The molecule has 33 heavy (non-hydrogen) atoms. The van der Waals surface area contributed by atoms with E-state index in [2.05, 4.69) is 65.6 Å². The van der Waals surface area contributed by atoms with Gasteiger partial charge in [-0.2, -0.15) is 0 Å². The van der Waals surface area contributed by atoms with Crippen LogP contribution in [0.15, 0.2) is 88.1 Å². The number of hydrogen-bond donors (Lipinski definition) is 0. The Bertz CT molecular complexity index is 1620. The molecule has 0 amide bonds. The highest BCUT2D eigenvalue weighted by Crippen LogP contribution is 2.41.